The molecule has 0 aliphatic heterocycles. The summed E-state index contributed by atoms with van der Waals surface area (Å²) < 4.78 is 2.61. The lowest BCUT2D eigenvalue weighted by molar-refractivity contribution is 0.111. The number of rotatable bonds is 3. The minimum atomic E-state index is -0.502. The molecule has 1 saturated carbocycles. The highest BCUT2D eigenvalue weighted by Gasteiger charge is 2.19. The van der Waals surface area contributed by atoms with Crippen LogP contribution >= 0.6 is 0 Å². The summed E-state index contributed by atoms with van der Waals surface area (Å²) in [5.41, 5.74) is -0.234. The van der Waals surface area contributed by atoms with Crippen molar-refractivity contribution in [1.29, 1.82) is 0 Å². The molecule has 0 bridgehead atoms. The van der Waals surface area contributed by atoms with E-state index < -0.39 is 5.56 Å². The molecule has 19 heavy (non-hydrogen) atoms. The maximum absolute atomic E-state index is 12.2. The lowest BCUT2D eigenvalue weighted by atomic mass is 9.89. The number of aldehydes is 1. The molecule has 5 nitrogen and oxygen atoms in total. The lowest BCUT2D eigenvalue weighted by Crippen LogP contribution is -2.42. The van der Waals surface area contributed by atoms with Gasteiger partial charge in [0.25, 0.3) is 5.56 Å². The quantitative estimate of drug-likeness (QED) is 0.772. The van der Waals surface area contributed by atoms with Crippen molar-refractivity contribution in [2.45, 2.75) is 45.6 Å². The van der Waals surface area contributed by atoms with Gasteiger partial charge in [0.15, 0.2) is 6.29 Å². The van der Waals surface area contributed by atoms with Gasteiger partial charge < -0.3 is 0 Å². The van der Waals surface area contributed by atoms with Gasteiger partial charge in [0.05, 0.1) is 5.56 Å². The molecule has 0 amide bonds. The van der Waals surface area contributed by atoms with Crippen LogP contribution in [0, 0.1) is 12.8 Å². The second-order valence-corrected chi connectivity index (χ2v) is 5.38. The van der Waals surface area contributed by atoms with Crippen molar-refractivity contribution in [3.63, 3.8) is 0 Å². The van der Waals surface area contributed by atoms with Crippen LogP contribution in [-0.4, -0.2) is 15.4 Å². The fraction of sp³-hybridized carbons (Fsp3) is 0.643. The molecule has 1 heterocycles. The molecule has 1 aliphatic carbocycles. The standard InChI is InChI=1S/C14H20N2O3/c1-10-12(9-17)13(18)15(2)14(19)16(10)8-11-6-4-3-5-7-11/h9,11H,3-8H2,1-2H3. The number of nitrogens with zero attached hydrogens (tertiary/aromatic N) is 2. The van der Waals surface area contributed by atoms with E-state index >= 15 is 0 Å². The molecule has 1 fully saturated rings. The van der Waals surface area contributed by atoms with Crippen LogP contribution in [-0.2, 0) is 13.6 Å². The van der Waals surface area contributed by atoms with Crippen LogP contribution in [0.3, 0.4) is 0 Å². The Morgan fingerprint density at radius 3 is 2.42 bits per heavy atom. The molecular weight excluding hydrogens is 244 g/mol. The van der Waals surface area contributed by atoms with Crippen LogP contribution in [0.1, 0.15) is 48.2 Å². The molecule has 2 rings (SSSR count). The summed E-state index contributed by atoms with van der Waals surface area (Å²) in [5, 5.41) is 0. The van der Waals surface area contributed by atoms with E-state index in [4.69, 9.17) is 0 Å². The van der Waals surface area contributed by atoms with Gasteiger partial charge in [-0.25, -0.2) is 4.79 Å². The number of carbonyl (C=O) groups excluding carboxylic acids is 1. The minimum Gasteiger partial charge on any atom is -0.298 e. The summed E-state index contributed by atoms with van der Waals surface area (Å²) in [6.45, 7) is 2.29. The SMILES string of the molecule is Cc1c(C=O)c(=O)n(C)c(=O)n1CC1CCCCC1. The van der Waals surface area contributed by atoms with Crippen molar-refractivity contribution >= 4 is 6.29 Å². The Bertz CT molecular complexity index is 592. The van der Waals surface area contributed by atoms with Crippen molar-refractivity contribution in [2.75, 3.05) is 0 Å². The highest BCUT2D eigenvalue weighted by Crippen LogP contribution is 2.24. The highest BCUT2D eigenvalue weighted by molar-refractivity contribution is 5.75. The molecule has 1 aromatic rings. The Morgan fingerprint density at radius 1 is 1.21 bits per heavy atom. The third-order valence-corrected chi connectivity index (χ3v) is 4.13. The summed E-state index contributed by atoms with van der Waals surface area (Å²) in [4.78, 5) is 35.0. The average Bonchev–Trinajstić information content (AvgIpc) is 2.43. The largest absolute Gasteiger partial charge is 0.330 e. The summed E-state index contributed by atoms with van der Waals surface area (Å²) in [7, 11) is 1.43. The van der Waals surface area contributed by atoms with Crippen LogP contribution in [0.5, 0.6) is 0 Å². The van der Waals surface area contributed by atoms with Gasteiger partial charge in [-0.1, -0.05) is 19.3 Å². The van der Waals surface area contributed by atoms with E-state index in [0.29, 0.717) is 24.4 Å². The minimum absolute atomic E-state index is 0.0953. The average molecular weight is 264 g/mol. The molecule has 0 aromatic carbocycles. The van der Waals surface area contributed by atoms with E-state index in [9.17, 15) is 14.4 Å². The van der Waals surface area contributed by atoms with Crippen molar-refractivity contribution < 1.29 is 4.79 Å². The molecule has 5 heteroatoms. The first-order chi connectivity index (χ1) is 9.06. The van der Waals surface area contributed by atoms with Crippen molar-refractivity contribution in [3.8, 4) is 0 Å². The summed E-state index contributed by atoms with van der Waals surface area (Å²) in [6, 6.07) is 0. The van der Waals surface area contributed by atoms with E-state index in [0.717, 1.165) is 17.4 Å². The number of carbonyl (C=O) groups is 1. The zero-order chi connectivity index (χ0) is 14.0. The van der Waals surface area contributed by atoms with Crippen molar-refractivity contribution in [3.05, 3.63) is 32.1 Å². The maximum atomic E-state index is 12.2. The van der Waals surface area contributed by atoms with Gasteiger partial charge in [-0.3, -0.25) is 18.7 Å². The van der Waals surface area contributed by atoms with Crippen LogP contribution in [0.15, 0.2) is 9.59 Å². The molecule has 0 N–H and O–H groups in total. The Labute approximate surface area is 111 Å². The third-order valence-electron chi connectivity index (χ3n) is 4.13. The van der Waals surface area contributed by atoms with E-state index in [-0.39, 0.29) is 11.3 Å². The highest BCUT2D eigenvalue weighted by atomic mass is 16.2. The van der Waals surface area contributed by atoms with Gasteiger partial charge in [-0.15, -0.1) is 0 Å². The van der Waals surface area contributed by atoms with Gasteiger partial charge in [0.1, 0.15) is 0 Å². The number of hydrogen-bond acceptors (Lipinski definition) is 3. The fourth-order valence-electron chi connectivity index (χ4n) is 2.87. The summed E-state index contributed by atoms with van der Waals surface area (Å²) in [6.07, 6.45) is 6.44. The van der Waals surface area contributed by atoms with Gasteiger partial charge in [0.2, 0.25) is 0 Å². The molecule has 0 atom stereocenters. The van der Waals surface area contributed by atoms with Gasteiger partial charge in [0, 0.05) is 19.3 Å². The van der Waals surface area contributed by atoms with Crippen molar-refractivity contribution in [2.24, 2.45) is 13.0 Å². The first-order valence-corrected chi connectivity index (χ1v) is 6.82. The Hall–Kier alpha value is -1.65. The normalized spacial score (nSPS) is 16.5. The first kappa shape index (κ1) is 13.8. The second-order valence-electron chi connectivity index (χ2n) is 5.38. The van der Waals surface area contributed by atoms with Crippen LogP contribution in [0.4, 0.5) is 0 Å². The molecular formula is C14H20N2O3. The molecule has 0 radical (unpaired) electrons. The third kappa shape index (κ3) is 2.55. The van der Waals surface area contributed by atoms with E-state index in [2.05, 4.69) is 0 Å². The first-order valence-electron chi connectivity index (χ1n) is 6.82. The summed E-state index contributed by atoms with van der Waals surface area (Å²) in [5.74, 6) is 0.474. The lowest BCUT2D eigenvalue weighted by Gasteiger charge is -2.24. The number of aromatic nitrogens is 2. The topological polar surface area (TPSA) is 61.1 Å². The summed E-state index contributed by atoms with van der Waals surface area (Å²) >= 11 is 0. The maximum Gasteiger partial charge on any atom is 0.330 e. The smallest absolute Gasteiger partial charge is 0.298 e. The fourth-order valence-corrected chi connectivity index (χ4v) is 2.87. The van der Waals surface area contributed by atoms with Gasteiger partial charge in [-0.2, -0.15) is 0 Å². The van der Waals surface area contributed by atoms with Crippen molar-refractivity contribution in [1.82, 2.24) is 9.13 Å². The predicted octanol–water partition coefficient (Wildman–Crippen LogP) is 1.25. The molecule has 1 aromatic heterocycles. The van der Waals surface area contributed by atoms with Crippen LogP contribution < -0.4 is 11.2 Å². The van der Waals surface area contributed by atoms with E-state index in [1.54, 1.807) is 11.5 Å². The molecule has 0 unspecified atom stereocenters. The molecule has 0 spiro atoms. The molecule has 1 aliphatic rings. The van der Waals surface area contributed by atoms with Crippen LogP contribution in [0.2, 0.25) is 0 Å². The Kier molecular flexibility index (Phi) is 4.02. The molecule has 104 valence electrons. The van der Waals surface area contributed by atoms with E-state index in [1.807, 2.05) is 0 Å². The van der Waals surface area contributed by atoms with Crippen LogP contribution in [0.25, 0.3) is 0 Å². The Balaban J connectivity index is 2.44. The second kappa shape index (κ2) is 5.55. The number of hydrogen-bond donors (Lipinski definition) is 0. The van der Waals surface area contributed by atoms with Gasteiger partial charge >= 0.3 is 5.69 Å². The monoisotopic (exact) mass is 264 g/mol. The predicted molar refractivity (Wildman–Crippen MR) is 72.6 cm³/mol. The van der Waals surface area contributed by atoms with E-state index in [1.165, 1.54) is 26.3 Å². The zero-order valence-corrected chi connectivity index (χ0v) is 11.5. The molecule has 0 saturated heterocycles. The van der Waals surface area contributed by atoms with Gasteiger partial charge in [-0.05, 0) is 25.7 Å². The Morgan fingerprint density at radius 2 is 1.84 bits per heavy atom. The zero-order valence-electron chi connectivity index (χ0n) is 11.5.